The molecule has 3 heteroatoms. The van der Waals surface area contributed by atoms with Crippen molar-refractivity contribution < 1.29 is 0 Å². The first-order valence-corrected chi connectivity index (χ1v) is 9.53. The van der Waals surface area contributed by atoms with Crippen molar-refractivity contribution in [3.8, 4) is 0 Å². The zero-order chi connectivity index (χ0) is 20.3. The molecule has 0 N–H and O–H groups in total. The number of thioether (sulfide) groups is 1. The second kappa shape index (κ2) is 12.4. The summed E-state index contributed by atoms with van der Waals surface area (Å²) >= 11 is 1.63. The summed E-state index contributed by atoms with van der Waals surface area (Å²) in [6.07, 6.45) is 10.5. The predicted octanol–water partition coefficient (Wildman–Crippen LogP) is 7.39. The van der Waals surface area contributed by atoms with E-state index in [1.165, 1.54) is 11.1 Å². The molecule has 0 aliphatic rings. The Balaban J connectivity index is 5.03. The van der Waals surface area contributed by atoms with Crippen LogP contribution in [0.5, 0.6) is 0 Å². The molecule has 0 amide bonds. The van der Waals surface area contributed by atoms with Crippen LogP contribution in [-0.2, 0) is 0 Å². The van der Waals surface area contributed by atoms with Gasteiger partial charge in [-0.15, -0.1) is 0 Å². The summed E-state index contributed by atoms with van der Waals surface area (Å²) in [6, 6.07) is 0. The highest BCUT2D eigenvalue weighted by atomic mass is 32.2. The lowest BCUT2D eigenvalue weighted by Gasteiger charge is -2.23. The maximum absolute atomic E-state index is 4.57. The van der Waals surface area contributed by atoms with Crippen molar-refractivity contribution in [2.75, 3.05) is 7.05 Å². The largest absolute Gasteiger partial charge is 0.345 e. The van der Waals surface area contributed by atoms with Crippen molar-refractivity contribution in [3.63, 3.8) is 0 Å². The SMILES string of the molecule is C=C/C=C\C(=C/C)N(C)C(=C)/C(C)=C/N=C(\C)SC(=C)CC(C)=C(C)C. The van der Waals surface area contributed by atoms with Crippen LogP contribution < -0.4 is 0 Å². The van der Waals surface area contributed by atoms with Gasteiger partial charge in [0.2, 0.25) is 0 Å². The molecule has 0 spiro atoms. The molecule has 0 aromatic carbocycles. The van der Waals surface area contributed by atoms with Crippen LogP contribution in [0, 0.1) is 0 Å². The van der Waals surface area contributed by atoms with E-state index in [9.17, 15) is 0 Å². The van der Waals surface area contributed by atoms with Gasteiger partial charge in [-0.05, 0) is 64.5 Å². The first kappa shape index (κ1) is 24.0. The highest BCUT2D eigenvalue weighted by Crippen LogP contribution is 2.25. The van der Waals surface area contributed by atoms with Gasteiger partial charge in [0.1, 0.15) is 0 Å². The molecule has 0 radical (unpaired) electrons. The number of likely N-dealkylation sites (N-methyl/N-ethyl adjacent to an activating group) is 1. The van der Waals surface area contributed by atoms with Crippen LogP contribution in [-0.4, -0.2) is 17.0 Å². The zero-order valence-electron chi connectivity index (χ0n) is 17.5. The van der Waals surface area contributed by atoms with Crippen LogP contribution in [0.15, 0.2) is 88.3 Å². The van der Waals surface area contributed by atoms with Gasteiger partial charge in [0.15, 0.2) is 0 Å². The Kier molecular flexibility index (Phi) is 11.4. The molecular weight excluding hydrogens is 336 g/mol. The van der Waals surface area contributed by atoms with Gasteiger partial charge < -0.3 is 4.90 Å². The minimum atomic E-state index is 0.901. The molecule has 26 heavy (non-hydrogen) atoms. The summed E-state index contributed by atoms with van der Waals surface area (Å²) in [5.41, 5.74) is 5.70. The molecular formula is C23H34N2S. The third-order valence-corrected chi connectivity index (χ3v) is 4.83. The zero-order valence-corrected chi connectivity index (χ0v) is 18.3. The Morgan fingerprint density at radius 3 is 2.23 bits per heavy atom. The maximum atomic E-state index is 4.57. The first-order valence-electron chi connectivity index (χ1n) is 8.72. The summed E-state index contributed by atoms with van der Waals surface area (Å²) in [5.74, 6) is 0. The number of aliphatic imine (C=N–C) groups is 1. The van der Waals surface area contributed by atoms with Crippen LogP contribution >= 0.6 is 11.8 Å². The van der Waals surface area contributed by atoms with Crippen LogP contribution in [0.2, 0.25) is 0 Å². The molecule has 0 unspecified atom stereocenters. The molecule has 0 atom stereocenters. The highest BCUT2D eigenvalue weighted by molar-refractivity contribution is 8.17. The normalized spacial score (nSPS) is 13.0. The fourth-order valence-electron chi connectivity index (χ4n) is 1.99. The lowest BCUT2D eigenvalue weighted by atomic mass is 10.1. The summed E-state index contributed by atoms with van der Waals surface area (Å²) in [6.45, 7) is 24.5. The summed E-state index contributed by atoms with van der Waals surface area (Å²) in [4.78, 5) is 7.72. The highest BCUT2D eigenvalue weighted by Gasteiger charge is 2.07. The second-order valence-corrected chi connectivity index (χ2v) is 7.74. The second-order valence-electron chi connectivity index (χ2n) is 6.37. The van der Waals surface area contributed by atoms with Gasteiger partial charge in [0, 0.05) is 24.6 Å². The van der Waals surface area contributed by atoms with E-state index in [2.05, 4.69) is 45.5 Å². The minimum Gasteiger partial charge on any atom is -0.345 e. The quantitative estimate of drug-likeness (QED) is 0.182. The van der Waals surface area contributed by atoms with Crippen molar-refractivity contribution in [1.29, 1.82) is 0 Å². The van der Waals surface area contributed by atoms with Crippen molar-refractivity contribution in [3.05, 3.63) is 83.3 Å². The molecule has 0 saturated carbocycles. The molecule has 0 rings (SSSR count). The van der Waals surface area contributed by atoms with Gasteiger partial charge in [0.25, 0.3) is 0 Å². The van der Waals surface area contributed by atoms with Gasteiger partial charge in [-0.1, -0.05) is 60.9 Å². The fraction of sp³-hybridized carbons (Fsp3) is 0.348. The number of hydrogen-bond acceptors (Lipinski definition) is 3. The van der Waals surface area contributed by atoms with Crippen molar-refractivity contribution >= 4 is 16.8 Å². The molecule has 0 aromatic rings. The van der Waals surface area contributed by atoms with E-state index < -0.39 is 0 Å². The Morgan fingerprint density at radius 2 is 1.73 bits per heavy atom. The Hall–Kier alpha value is -2.00. The average molecular weight is 371 g/mol. The molecule has 0 aliphatic carbocycles. The van der Waals surface area contributed by atoms with Crippen LogP contribution in [0.1, 0.15) is 48.0 Å². The van der Waals surface area contributed by atoms with E-state index in [-0.39, 0.29) is 0 Å². The van der Waals surface area contributed by atoms with Crippen LogP contribution in [0.4, 0.5) is 0 Å². The Bertz CT molecular complexity index is 681. The molecule has 0 heterocycles. The van der Waals surface area contributed by atoms with Gasteiger partial charge in [0.05, 0.1) is 5.04 Å². The summed E-state index contributed by atoms with van der Waals surface area (Å²) in [7, 11) is 2.00. The van der Waals surface area contributed by atoms with Gasteiger partial charge >= 0.3 is 0 Å². The van der Waals surface area contributed by atoms with Crippen molar-refractivity contribution in [2.45, 2.75) is 48.0 Å². The number of hydrogen-bond donors (Lipinski definition) is 0. The Labute approximate surface area is 165 Å². The van der Waals surface area contributed by atoms with E-state index in [1.807, 2.05) is 57.1 Å². The fourth-order valence-corrected chi connectivity index (χ4v) is 2.81. The standard InChI is InChI=1S/C23H34N2S/c1-11-13-14-23(12-2)25(10)21(8)19(6)16-24-22(9)26-20(7)15-18(5)17(3)4/h11-14,16H,1,7-8,15H2,2-6,9-10H3/b14-13-,19-16+,23-12+,24-22+. The minimum absolute atomic E-state index is 0.901. The van der Waals surface area contributed by atoms with Gasteiger partial charge in [-0.2, -0.15) is 0 Å². The summed E-state index contributed by atoms with van der Waals surface area (Å²) < 4.78 is 0. The van der Waals surface area contributed by atoms with Crippen molar-refractivity contribution in [2.24, 2.45) is 4.99 Å². The van der Waals surface area contributed by atoms with Crippen molar-refractivity contribution in [1.82, 2.24) is 4.90 Å². The van der Waals surface area contributed by atoms with Gasteiger partial charge in [-0.3, -0.25) is 4.99 Å². The first-order chi connectivity index (χ1) is 12.1. The lowest BCUT2D eigenvalue weighted by Crippen LogP contribution is -2.15. The van der Waals surface area contributed by atoms with Crippen LogP contribution in [0.3, 0.4) is 0 Å². The molecule has 0 saturated heterocycles. The Morgan fingerprint density at radius 1 is 1.12 bits per heavy atom. The molecule has 0 aliphatic heterocycles. The van der Waals surface area contributed by atoms with E-state index >= 15 is 0 Å². The van der Waals surface area contributed by atoms with E-state index in [4.69, 9.17) is 0 Å². The van der Waals surface area contributed by atoms with E-state index in [0.717, 1.165) is 33.3 Å². The molecule has 142 valence electrons. The number of nitrogens with zero attached hydrogens (tertiary/aromatic N) is 2. The summed E-state index contributed by atoms with van der Waals surface area (Å²) in [5, 5.41) is 0.976. The molecule has 2 nitrogen and oxygen atoms in total. The topological polar surface area (TPSA) is 15.6 Å². The predicted molar refractivity (Wildman–Crippen MR) is 122 cm³/mol. The van der Waals surface area contributed by atoms with E-state index in [0.29, 0.717) is 0 Å². The lowest BCUT2D eigenvalue weighted by molar-refractivity contribution is 0.546. The smallest absolute Gasteiger partial charge is 0.0744 e. The van der Waals surface area contributed by atoms with Gasteiger partial charge in [-0.25, -0.2) is 0 Å². The van der Waals surface area contributed by atoms with Crippen LogP contribution in [0.25, 0.3) is 0 Å². The average Bonchev–Trinajstić information content (AvgIpc) is 2.58. The molecule has 0 bridgehead atoms. The molecule has 0 aromatic heterocycles. The number of allylic oxidation sites excluding steroid dienone is 8. The third kappa shape index (κ3) is 8.91. The maximum Gasteiger partial charge on any atom is 0.0744 e. The molecule has 0 fully saturated rings. The number of rotatable bonds is 9. The van der Waals surface area contributed by atoms with E-state index in [1.54, 1.807) is 17.8 Å². The monoisotopic (exact) mass is 370 g/mol. The third-order valence-electron chi connectivity index (χ3n) is 3.99.